The van der Waals surface area contributed by atoms with Crippen molar-refractivity contribution in [2.45, 2.75) is 95.5 Å². The third-order valence-corrected chi connectivity index (χ3v) is 5.75. The summed E-state index contributed by atoms with van der Waals surface area (Å²) in [5.41, 5.74) is -0.0680. The minimum atomic E-state index is -1.70. The number of aliphatic hydroxyl groups excluding tert-OH is 4. The van der Waals surface area contributed by atoms with Crippen LogP contribution in [0.4, 0.5) is 0 Å². The molecule has 4 atom stereocenters. The van der Waals surface area contributed by atoms with E-state index in [0.29, 0.717) is 6.54 Å². The second-order valence-corrected chi connectivity index (χ2v) is 8.58. The van der Waals surface area contributed by atoms with Crippen molar-refractivity contribution in [1.29, 1.82) is 0 Å². The van der Waals surface area contributed by atoms with Gasteiger partial charge in [-0.1, -0.05) is 76.8 Å². The molecule has 0 radical (unpaired) electrons. The molecule has 8 heteroatoms. The Morgan fingerprint density at radius 3 is 2.06 bits per heavy atom. The maximum Gasteiger partial charge on any atom is 0.342 e. The first kappa shape index (κ1) is 29.3. The number of unbranched alkanes of at least 4 members (excludes halogenated alkanes) is 9. The summed E-state index contributed by atoms with van der Waals surface area (Å²) >= 11 is 0. The molecular formula is C25H43NO7. The highest BCUT2D eigenvalue weighted by Crippen LogP contribution is 2.19. The van der Waals surface area contributed by atoms with Crippen molar-refractivity contribution < 1.29 is 35.1 Å². The van der Waals surface area contributed by atoms with Gasteiger partial charge in [0.05, 0.1) is 6.61 Å². The Kier molecular flexibility index (Phi) is 15.7. The van der Waals surface area contributed by atoms with Gasteiger partial charge in [-0.25, -0.2) is 4.79 Å². The van der Waals surface area contributed by atoms with E-state index in [9.17, 15) is 25.2 Å². The number of rotatable bonds is 19. The molecule has 0 aliphatic heterocycles. The number of carbonyl (C=O) groups is 1. The average molecular weight is 470 g/mol. The third-order valence-electron chi connectivity index (χ3n) is 5.75. The van der Waals surface area contributed by atoms with Gasteiger partial charge in [0.15, 0.2) is 0 Å². The van der Waals surface area contributed by atoms with E-state index in [2.05, 4.69) is 12.2 Å². The van der Waals surface area contributed by atoms with Gasteiger partial charge < -0.3 is 35.6 Å². The zero-order valence-electron chi connectivity index (χ0n) is 19.9. The number of benzene rings is 1. The van der Waals surface area contributed by atoms with Gasteiger partial charge in [0.25, 0.3) is 0 Å². The summed E-state index contributed by atoms with van der Waals surface area (Å²) in [6.45, 7) is 2.17. The van der Waals surface area contributed by atoms with Crippen LogP contribution < -0.4 is 5.32 Å². The van der Waals surface area contributed by atoms with Gasteiger partial charge in [0, 0.05) is 6.54 Å². The number of phenols is 1. The number of hydrogen-bond donors (Lipinski definition) is 6. The van der Waals surface area contributed by atoms with Gasteiger partial charge in [-0.3, -0.25) is 0 Å². The van der Waals surface area contributed by atoms with E-state index in [1.807, 2.05) is 0 Å². The molecule has 0 heterocycles. The number of hydrogen-bond acceptors (Lipinski definition) is 8. The minimum Gasteiger partial charge on any atom is -0.507 e. The van der Waals surface area contributed by atoms with Crippen molar-refractivity contribution in [3.8, 4) is 5.75 Å². The van der Waals surface area contributed by atoms with Crippen molar-refractivity contribution in [3.05, 3.63) is 29.8 Å². The van der Waals surface area contributed by atoms with Crippen LogP contribution >= 0.6 is 0 Å². The lowest BCUT2D eigenvalue weighted by Crippen LogP contribution is -2.50. The Hall–Kier alpha value is -1.71. The van der Waals surface area contributed by atoms with Crippen LogP contribution in [0.3, 0.4) is 0 Å². The molecule has 0 saturated heterocycles. The SMILES string of the molecule is CCCCCCCCCCCCNC[C@H](OC(=O)c1ccccc1O)[C@@H](O)[C@H](O)[C@H](O)CO. The molecule has 0 aliphatic rings. The molecule has 0 bridgehead atoms. The Morgan fingerprint density at radius 2 is 1.48 bits per heavy atom. The van der Waals surface area contributed by atoms with Gasteiger partial charge in [-0.05, 0) is 25.1 Å². The first-order valence-corrected chi connectivity index (χ1v) is 12.3. The van der Waals surface area contributed by atoms with Gasteiger partial charge in [0.1, 0.15) is 35.7 Å². The van der Waals surface area contributed by atoms with Crippen molar-refractivity contribution in [1.82, 2.24) is 5.32 Å². The van der Waals surface area contributed by atoms with E-state index in [-0.39, 0.29) is 17.9 Å². The van der Waals surface area contributed by atoms with Crippen molar-refractivity contribution >= 4 is 5.97 Å². The Labute approximate surface area is 197 Å². The van der Waals surface area contributed by atoms with Crippen LogP contribution in [0.25, 0.3) is 0 Å². The first-order valence-electron chi connectivity index (χ1n) is 12.3. The number of esters is 1. The van der Waals surface area contributed by atoms with Gasteiger partial charge in [-0.15, -0.1) is 0 Å². The molecule has 8 nitrogen and oxygen atoms in total. The lowest BCUT2D eigenvalue weighted by atomic mass is 10.0. The summed E-state index contributed by atoms with van der Waals surface area (Å²) in [5.74, 6) is -1.12. The molecule has 6 N–H and O–H groups in total. The van der Waals surface area contributed by atoms with Crippen LogP contribution in [0.15, 0.2) is 24.3 Å². The van der Waals surface area contributed by atoms with Gasteiger partial charge in [-0.2, -0.15) is 0 Å². The maximum absolute atomic E-state index is 12.4. The molecule has 1 aromatic carbocycles. The second kappa shape index (κ2) is 17.7. The van der Waals surface area contributed by atoms with Crippen LogP contribution in [0.5, 0.6) is 5.75 Å². The number of aliphatic hydroxyl groups is 4. The molecule has 0 aromatic heterocycles. The third kappa shape index (κ3) is 11.8. The fourth-order valence-electron chi connectivity index (χ4n) is 3.62. The summed E-state index contributed by atoms with van der Waals surface area (Å²) in [6.07, 6.45) is 6.07. The molecule has 0 amide bonds. The molecule has 33 heavy (non-hydrogen) atoms. The van der Waals surface area contributed by atoms with Gasteiger partial charge >= 0.3 is 5.97 Å². The van der Waals surface area contributed by atoms with E-state index < -0.39 is 37.0 Å². The van der Waals surface area contributed by atoms with Crippen LogP contribution in [0.1, 0.15) is 81.5 Å². The molecule has 1 rings (SSSR count). The van der Waals surface area contributed by atoms with E-state index in [1.54, 1.807) is 12.1 Å². The molecule has 190 valence electrons. The largest absolute Gasteiger partial charge is 0.507 e. The quantitative estimate of drug-likeness (QED) is 0.134. The molecule has 1 aromatic rings. The van der Waals surface area contributed by atoms with Crippen molar-refractivity contribution in [3.63, 3.8) is 0 Å². The zero-order valence-corrected chi connectivity index (χ0v) is 19.9. The number of ether oxygens (including phenoxy) is 1. The highest BCUT2D eigenvalue weighted by atomic mass is 16.6. The Bertz CT molecular complexity index is 643. The zero-order chi connectivity index (χ0) is 24.5. The fourth-order valence-corrected chi connectivity index (χ4v) is 3.62. The number of nitrogens with one attached hydrogen (secondary N) is 1. The van der Waals surface area contributed by atoms with Crippen LogP contribution in [-0.2, 0) is 4.74 Å². The topological polar surface area (TPSA) is 139 Å². The minimum absolute atomic E-state index is 0.0487. The molecule has 0 aliphatic carbocycles. The summed E-state index contributed by atoms with van der Waals surface area (Å²) in [4.78, 5) is 12.4. The Morgan fingerprint density at radius 1 is 0.909 bits per heavy atom. The predicted molar refractivity (Wildman–Crippen MR) is 127 cm³/mol. The highest BCUT2D eigenvalue weighted by Gasteiger charge is 2.34. The Balaban J connectivity index is 2.44. The number of para-hydroxylation sites is 1. The normalized spacial score (nSPS) is 15.1. The summed E-state index contributed by atoms with van der Waals surface area (Å²) in [7, 11) is 0. The molecular weight excluding hydrogens is 426 g/mol. The lowest BCUT2D eigenvalue weighted by Gasteiger charge is -2.29. The maximum atomic E-state index is 12.4. The van der Waals surface area contributed by atoms with Gasteiger partial charge in [0.2, 0.25) is 0 Å². The molecule has 0 spiro atoms. The monoisotopic (exact) mass is 469 g/mol. The fraction of sp³-hybridized carbons (Fsp3) is 0.720. The van der Waals surface area contributed by atoms with Crippen molar-refractivity contribution in [2.75, 3.05) is 19.7 Å². The molecule has 0 fully saturated rings. The van der Waals surface area contributed by atoms with E-state index in [0.717, 1.165) is 19.3 Å². The number of phenolic OH excluding ortho intramolecular Hbond substituents is 1. The average Bonchev–Trinajstić information content (AvgIpc) is 2.82. The van der Waals surface area contributed by atoms with Crippen LogP contribution in [0.2, 0.25) is 0 Å². The van der Waals surface area contributed by atoms with E-state index >= 15 is 0 Å². The first-order chi connectivity index (χ1) is 15.9. The highest BCUT2D eigenvalue weighted by molar-refractivity contribution is 5.92. The lowest BCUT2D eigenvalue weighted by molar-refractivity contribution is -0.117. The van der Waals surface area contributed by atoms with Crippen LogP contribution in [0, 0.1) is 0 Å². The summed E-state index contributed by atoms with van der Waals surface area (Å²) < 4.78 is 5.33. The van der Waals surface area contributed by atoms with Crippen molar-refractivity contribution in [2.24, 2.45) is 0 Å². The molecule has 0 unspecified atom stereocenters. The predicted octanol–water partition coefficient (Wildman–Crippen LogP) is 2.50. The summed E-state index contributed by atoms with van der Waals surface area (Å²) in [6, 6.07) is 5.86. The molecule has 0 saturated carbocycles. The van der Waals surface area contributed by atoms with E-state index in [4.69, 9.17) is 9.84 Å². The second-order valence-electron chi connectivity index (χ2n) is 8.58. The number of carbonyl (C=O) groups excluding carboxylic acids is 1. The smallest absolute Gasteiger partial charge is 0.342 e. The van der Waals surface area contributed by atoms with E-state index in [1.165, 1.54) is 57.1 Å². The summed E-state index contributed by atoms with van der Waals surface area (Å²) in [5, 5.41) is 52.1. The van der Waals surface area contributed by atoms with Crippen LogP contribution in [-0.4, -0.2) is 75.6 Å². The standard InChI is InChI=1S/C25H43NO7/c1-2-3-4-5-6-7-8-9-10-13-16-26-17-22(24(31)23(30)21(29)18-27)33-25(32)19-14-11-12-15-20(19)28/h11-12,14-15,21-24,26-31H,2-10,13,16-18H2,1H3/t21-,22+,23-,24-/m1/s1. The number of aromatic hydroxyl groups is 1.